The highest BCUT2D eigenvalue weighted by Crippen LogP contribution is 2.39. The summed E-state index contributed by atoms with van der Waals surface area (Å²) in [4.78, 5) is 20.7. The van der Waals surface area contributed by atoms with Crippen LogP contribution in [0.1, 0.15) is 51.8 Å². The monoisotopic (exact) mass is 607 g/mol. The third kappa shape index (κ3) is 6.56. The zero-order chi connectivity index (χ0) is 30.1. The first-order chi connectivity index (χ1) is 19.2. The van der Waals surface area contributed by atoms with E-state index in [9.17, 15) is 9.18 Å². The van der Waals surface area contributed by atoms with Crippen molar-refractivity contribution in [2.45, 2.75) is 58.2 Å². The predicted octanol–water partition coefficient (Wildman–Crippen LogP) is 5.70. The van der Waals surface area contributed by atoms with Crippen molar-refractivity contribution in [3.8, 4) is 5.75 Å². The van der Waals surface area contributed by atoms with Crippen molar-refractivity contribution in [1.29, 1.82) is 0 Å². The van der Waals surface area contributed by atoms with E-state index in [0.717, 1.165) is 0 Å². The number of methoxy groups -OCH3 is 1. The third-order valence-corrected chi connectivity index (χ3v) is 7.66. The SMILES string of the molecule is COc1ccncc1C1=CNC(N)(N2CCN(C(=O)OC(C)(C)C)C[C@@H]2C)C(OC(C)c2c(Cl)ccc(F)c2Cl)=C1. The molecule has 2 aromatic rings. The molecule has 3 N–H and O–H groups in total. The van der Waals surface area contributed by atoms with E-state index in [-0.39, 0.29) is 22.2 Å². The average molecular weight is 609 g/mol. The molecule has 3 heterocycles. The number of piperazine rings is 1. The Morgan fingerprint density at radius 3 is 2.66 bits per heavy atom. The summed E-state index contributed by atoms with van der Waals surface area (Å²) in [7, 11) is 1.58. The van der Waals surface area contributed by atoms with Crippen molar-refractivity contribution in [2.24, 2.45) is 5.73 Å². The number of rotatable bonds is 6. The molecule has 1 saturated heterocycles. The summed E-state index contributed by atoms with van der Waals surface area (Å²) in [5.41, 5.74) is 8.20. The van der Waals surface area contributed by atoms with Gasteiger partial charge in [0.2, 0.25) is 5.79 Å². The molecule has 1 fully saturated rings. The van der Waals surface area contributed by atoms with Crippen molar-refractivity contribution in [2.75, 3.05) is 26.7 Å². The van der Waals surface area contributed by atoms with Gasteiger partial charge in [-0.3, -0.25) is 15.6 Å². The van der Waals surface area contributed by atoms with E-state index in [4.69, 9.17) is 43.1 Å². The molecule has 1 aromatic carbocycles. The van der Waals surface area contributed by atoms with Gasteiger partial charge in [0.1, 0.15) is 23.3 Å². The molecule has 222 valence electrons. The van der Waals surface area contributed by atoms with Crippen LogP contribution in [0.3, 0.4) is 0 Å². The lowest BCUT2D eigenvalue weighted by Crippen LogP contribution is -2.72. The summed E-state index contributed by atoms with van der Waals surface area (Å²) >= 11 is 12.7. The average Bonchev–Trinajstić information content (AvgIpc) is 2.91. The second-order valence-corrected chi connectivity index (χ2v) is 11.9. The molecule has 0 spiro atoms. The topological polar surface area (TPSA) is 102 Å². The number of hydrogen-bond acceptors (Lipinski definition) is 8. The Bertz CT molecular complexity index is 1370. The van der Waals surface area contributed by atoms with Crippen molar-refractivity contribution >= 4 is 34.9 Å². The van der Waals surface area contributed by atoms with Crippen LogP contribution in [0, 0.1) is 5.82 Å². The summed E-state index contributed by atoms with van der Waals surface area (Å²) in [5, 5.41) is 3.46. The summed E-state index contributed by atoms with van der Waals surface area (Å²) in [6.45, 7) is 10.4. The molecule has 1 amide bonds. The van der Waals surface area contributed by atoms with Gasteiger partial charge in [-0.1, -0.05) is 23.2 Å². The molecule has 2 aliphatic heterocycles. The van der Waals surface area contributed by atoms with Gasteiger partial charge in [0.15, 0.2) is 5.76 Å². The van der Waals surface area contributed by atoms with E-state index >= 15 is 0 Å². The van der Waals surface area contributed by atoms with Crippen LogP contribution in [-0.4, -0.2) is 65.1 Å². The van der Waals surface area contributed by atoms with Crippen LogP contribution in [-0.2, 0) is 9.47 Å². The summed E-state index contributed by atoms with van der Waals surface area (Å²) in [5.74, 6) is -0.998. The van der Waals surface area contributed by atoms with Crippen LogP contribution >= 0.6 is 23.2 Å². The van der Waals surface area contributed by atoms with Crippen LogP contribution < -0.4 is 15.8 Å². The van der Waals surface area contributed by atoms with Gasteiger partial charge in [0, 0.05) is 66.0 Å². The largest absolute Gasteiger partial charge is 0.496 e. The molecule has 4 rings (SSSR count). The van der Waals surface area contributed by atoms with Gasteiger partial charge in [-0.25, -0.2) is 9.18 Å². The lowest BCUT2D eigenvalue weighted by molar-refractivity contribution is -0.0467. The van der Waals surface area contributed by atoms with Crippen LogP contribution in [0.4, 0.5) is 9.18 Å². The number of amides is 1. The Hall–Kier alpha value is -3.05. The van der Waals surface area contributed by atoms with E-state index in [0.29, 0.717) is 47.8 Å². The minimum absolute atomic E-state index is 0.124. The molecule has 0 aliphatic carbocycles. The second kappa shape index (κ2) is 12.1. The summed E-state index contributed by atoms with van der Waals surface area (Å²) < 4.78 is 32.0. The van der Waals surface area contributed by atoms with Crippen molar-refractivity contribution in [3.05, 3.63) is 75.6 Å². The maximum atomic E-state index is 14.4. The number of dihydropyridines is 1. The lowest BCUT2D eigenvalue weighted by Gasteiger charge is -2.50. The number of nitrogens with one attached hydrogen (secondary N) is 1. The third-order valence-electron chi connectivity index (χ3n) is 6.94. The molecule has 0 bridgehead atoms. The van der Waals surface area contributed by atoms with Crippen LogP contribution in [0.15, 0.2) is 48.6 Å². The van der Waals surface area contributed by atoms with Gasteiger partial charge < -0.3 is 24.4 Å². The summed E-state index contributed by atoms with van der Waals surface area (Å²) in [6, 6.07) is 4.20. The van der Waals surface area contributed by atoms with E-state index in [1.165, 1.54) is 12.1 Å². The molecule has 41 heavy (non-hydrogen) atoms. The van der Waals surface area contributed by atoms with Crippen molar-refractivity contribution < 1.29 is 23.4 Å². The first-order valence-electron chi connectivity index (χ1n) is 13.3. The molecule has 0 saturated carbocycles. The van der Waals surface area contributed by atoms with E-state index in [1.807, 2.05) is 32.6 Å². The molecule has 2 aliphatic rings. The minimum Gasteiger partial charge on any atom is -0.496 e. The van der Waals surface area contributed by atoms with E-state index in [1.54, 1.807) is 49.7 Å². The Kier molecular flexibility index (Phi) is 9.08. The maximum Gasteiger partial charge on any atom is 0.410 e. The van der Waals surface area contributed by atoms with Crippen LogP contribution in [0.5, 0.6) is 5.75 Å². The van der Waals surface area contributed by atoms with Gasteiger partial charge in [0.05, 0.1) is 12.1 Å². The molecular weight excluding hydrogens is 572 g/mol. The number of nitrogens with two attached hydrogens (primary N) is 1. The first kappa shape index (κ1) is 30.9. The number of halogens is 3. The zero-order valence-corrected chi connectivity index (χ0v) is 25.5. The second-order valence-electron chi connectivity index (χ2n) is 11.1. The van der Waals surface area contributed by atoms with Crippen LogP contribution in [0.25, 0.3) is 5.57 Å². The van der Waals surface area contributed by atoms with Crippen molar-refractivity contribution in [3.63, 3.8) is 0 Å². The predicted molar refractivity (Wildman–Crippen MR) is 157 cm³/mol. The molecule has 1 aromatic heterocycles. The standard InChI is InChI=1S/C29H36Cl2FN5O4/c1-17-16-36(27(38)41-28(3,4)5)11-12-37(17)29(33)24(40-18(2)25-21(30)7-8-22(32)26(25)31)13-19(14-35-29)20-15-34-10-9-23(20)39-6/h7-10,13-15,17-18,35H,11-12,16,33H2,1-6H3/t17-,18?,29?/m0/s1. The molecule has 9 nitrogen and oxygen atoms in total. The van der Waals surface area contributed by atoms with Crippen molar-refractivity contribution in [1.82, 2.24) is 20.1 Å². The number of carbonyl (C=O) groups excluding carboxylic acids is 1. The van der Waals surface area contributed by atoms with Crippen LogP contribution in [0.2, 0.25) is 10.0 Å². The van der Waals surface area contributed by atoms with Gasteiger partial charge in [-0.15, -0.1) is 0 Å². The highest BCUT2D eigenvalue weighted by molar-refractivity contribution is 6.36. The number of allylic oxidation sites excluding steroid dienone is 2. The Morgan fingerprint density at radius 2 is 2.00 bits per heavy atom. The van der Waals surface area contributed by atoms with E-state index < -0.39 is 23.3 Å². The molecule has 12 heteroatoms. The maximum absolute atomic E-state index is 14.4. The normalized spacial score (nSPS) is 22.3. The fourth-order valence-corrected chi connectivity index (χ4v) is 5.65. The fourth-order valence-electron chi connectivity index (χ4n) is 4.97. The number of carbonyl (C=O) groups is 1. The zero-order valence-electron chi connectivity index (χ0n) is 24.0. The van der Waals surface area contributed by atoms with Gasteiger partial charge in [0.25, 0.3) is 0 Å². The summed E-state index contributed by atoms with van der Waals surface area (Å²) in [6.07, 6.45) is 5.72. The number of ether oxygens (including phenoxy) is 3. The Balaban J connectivity index is 1.69. The fraction of sp³-hybridized carbons (Fsp3) is 0.448. The highest BCUT2D eigenvalue weighted by atomic mass is 35.5. The van der Waals surface area contributed by atoms with Gasteiger partial charge in [-0.2, -0.15) is 0 Å². The quantitative estimate of drug-likeness (QED) is 0.403. The number of nitrogens with zero attached hydrogens (tertiary/aromatic N) is 3. The number of aromatic nitrogens is 1. The minimum atomic E-state index is -1.33. The number of benzene rings is 1. The molecular formula is C29H36Cl2FN5O4. The van der Waals surface area contributed by atoms with Gasteiger partial charge >= 0.3 is 6.09 Å². The van der Waals surface area contributed by atoms with E-state index in [2.05, 4.69) is 10.3 Å². The Labute approximate surface area is 250 Å². The highest BCUT2D eigenvalue weighted by Gasteiger charge is 2.46. The smallest absolute Gasteiger partial charge is 0.410 e. The molecule has 2 unspecified atom stereocenters. The first-order valence-corrected chi connectivity index (χ1v) is 14.0. The molecule has 0 radical (unpaired) electrons. The molecule has 3 atom stereocenters. The van der Waals surface area contributed by atoms with Gasteiger partial charge in [-0.05, 0) is 58.9 Å². The lowest BCUT2D eigenvalue weighted by atomic mass is 9.99. The number of hydrogen-bond donors (Lipinski definition) is 2. The number of pyridine rings is 1. The Morgan fingerprint density at radius 1 is 1.27 bits per heavy atom.